The van der Waals surface area contributed by atoms with Crippen molar-refractivity contribution in [1.29, 1.82) is 0 Å². The maximum Gasteiger partial charge on any atom is 0.0335 e. The molecule has 0 aliphatic carbocycles. The molecule has 120 valence electrons. The van der Waals surface area contributed by atoms with Crippen molar-refractivity contribution < 1.29 is 0 Å². The van der Waals surface area contributed by atoms with E-state index in [1.54, 1.807) is 0 Å². The first-order chi connectivity index (χ1) is 11.8. The highest BCUT2D eigenvalue weighted by Gasteiger charge is 2.30. The lowest BCUT2D eigenvalue weighted by atomic mass is 9.93. The van der Waals surface area contributed by atoms with Gasteiger partial charge in [-0.05, 0) is 41.7 Å². The Morgan fingerprint density at radius 3 is 1.62 bits per heavy atom. The molecule has 0 saturated heterocycles. The van der Waals surface area contributed by atoms with E-state index in [-0.39, 0.29) is 0 Å². The molecule has 0 spiro atoms. The third-order valence-corrected chi connectivity index (χ3v) is 5.31. The fraction of sp³-hybridized carbons (Fsp3) is 0.217. The molecule has 0 amide bonds. The molecular weight excluding hydrogens is 290 g/mol. The molecule has 3 aromatic rings. The molecule has 0 saturated carbocycles. The molecule has 1 heteroatoms. The van der Waals surface area contributed by atoms with Gasteiger partial charge in [0.1, 0.15) is 0 Å². The topological polar surface area (TPSA) is 3.24 Å². The fourth-order valence-electron chi connectivity index (χ4n) is 3.97. The van der Waals surface area contributed by atoms with Gasteiger partial charge in [-0.25, -0.2) is 0 Å². The molecule has 1 aliphatic heterocycles. The van der Waals surface area contributed by atoms with Crippen molar-refractivity contribution in [1.82, 2.24) is 4.90 Å². The maximum absolute atomic E-state index is 2.61. The van der Waals surface area contributed by atoms with Gasteiger partial charge in [0.25, 0.3) is 0 Å². The Bertz CT molecular complexity index is 786. The third-order valence-electron chi connectivity index (χ3n) is 5.31. The smallest absolute Gasteiger partial charge is 0.0335 e. The number of hydrogen-bond donors (Lipinski definition) is 0. The molecule has 1 aliphatic rings. The minimum atomic E-state index is 0.379. The summed E-state index contributed by atoms with van der Waals surface area (Å²) in [6, 6.07) is 29.3. The van der Waals surface area contributed by atoms with Crippen LogP contribution in [0.1, 0.15) is 42.6 Å². The first kappa shape index (κ1) is 15.2. The van der Waals surface area contributed by atoms with Crippen LogP contribution in [0.4, 0.5) is 0 Å². The largest absolute Gasteiger partial charge is 0.286 e. The first-order valence-corrected chi connectivity index (χ1v) is 8.73. The molecule has 2 unspecified atom stereocenters. The van der Waals surface area contributed by atoms with Crippen LogP contribution in [0.3, 0.4) is 0 Å². The standard InChI is InChI=1S/C23H23N/c1-17-20-12-6-8-14-22(20)23-15-9-7-13-21(23)18(2)24(17)16-19-10-4-3-5-11-19/h3-15,17-18H,16H2,1-2H3. The fourth-order valence-corrected chi connectivity index (χ4v) is 3.97. The molecule has 0 aromatic heterocycles. The minimum Gasteiger partial charge on any atom is -0.286 e. The van der Waals surface area contributed by atoms with Gasteiger partial charge >= 0.3 is 0 Å². The summed E-state index contributed by atoms with van der Waals surface area (Å²) in [4.78, 5) is 2.61. The quantitative estimate of drug-likeness (QED) is 0.561. The number of fused-ring (bicyclic) bond motifs is 3. The lowest BCUT2D eigenvalue weighted by Gasteiger charge is -2.34. The van der Waals surface area contributed by atoms with E-state index in [2.05, 4.69) is 97.6 Å². The highest BCUT2D eigenvalue weighted by atomic mass is 15.2. The summed E-state index contributed by atoms with van der Waals surface area (Å²) in [7, 11) is 0. The number of benzene rings is 3. The molecule has 0 radical (unpaired) electrons. The van der Waals surface area contributed by atoms with Gasteiger partial charge in [0.2, 0.25) is 0 Å². The summed E-state index contributed by atoms with van der Waals surface area (Å²) in [6.07, 6.45) is 0. The Kier molecular flexibility index (Phi) is 3.95. The van der Waals surface area contributed by atoms with Crippen molar-refractivity contribution in [2.24, 2.45) is 0 Å². The average Bonchev–Trinajstić information content (AvgIpc) is 2.73. The second-order valence-electron chi connectivity index (χ2n) is 6.68. The number of nitrogens with zero attached hydrogens (tertiary/aromatic N) is 1. The summed E-state index contributed by atoms with van der Waals surface area (Å²) < 4.78 is 0. The van der Waals surface area contributed by atoms with E-state index < -0.39 is 0 Å². The summed E-state index contributed by atoms with van der Waals surface area (Å²) in [6.45, 7) is 5.64. The van der Waals surface area contributed by atoms with Crippen LogP contribution in [0.15, 0.2) is 78.9 Å². The minimum absolute atomic E-state index is 0.379. The molecule has 2 atom stereocenters. The Balaban J connectivity index is 1.85. The predicted molar refractivity (Wildman–Crippen MR) is 101 cm³/mol. The Morgan fingerprint density at radius 1 is 0.625 bits per heavy atom. The van der Waals surface area contributed by atoms with Crippen molar-refractivity contribution in [3.63, 3.8) is 0 Å². The van der Waals surface area contributed by atoms with Crippen LogP contribution in [-0.2, 0) is 6.54 Å². The third kappa shape index (κ3) is 2.55. The van der Waals surface area contributed by atoms with Crippen LogP contribution < -0.4 is 0 Å². The number of rotatable bonds is 2. The Morgan fingerprint density at radius 2 is 1.08 bits per heavy atom. The van der Waals surface area contributed by atoms with E-state index in [9.17, 15) is 0 Å². The lowest BCUT2D eigenvalue weighted by molar-refractivity contribution is 0.147. The molecule has 0 bridgehead atoms. The zero-order valence-corrected chi connectivity index (χ0v) is 14.3. The molecule has 1 nitrogen and oxygen atoms in total. The van der Waals surface area contributed by atoms with Gasteiger partial charge in [-0.15, -0.1) is 0 Å². The summed E-state index contributed by atoms with van der Waals surface area (Å²) in [5.41, 5.74) is 6.97. The van der Waals surface area contributed by atoms with E-state index in [1.807, 2.05) is 0 Å². The van der Waals surface area contributed by atoms with Gasteiger partial charge in [0.15, 0.2) is 0 Å². The van der Waals surface area contributed by atoms with Crippen LogP contribution in [0.5, 0.6) is 0 Å². The Hall–Kier alpha value is -2.38. The van der Waals surface area contributed by atoms with Gasteiger partial charge < -0.3 is 0 Å². The van der Waals surface area contributed by atoms with Crippen molar-refractivity contribution in [3.05, 3.63) is 95.6 Å². The predicted octanol–water partition coefficient (Wildman–Crippen LogP) is 5.99. The normalized spacial score (nSPS) is 20.1. The zero-order valence-electron chi connectivity index (χ0n) is 14.3. The van der Waals surface area contributed by atoms with Crippen LogP contribution in [0.25, 0.3) is 11.1 Å². The SMILES string of the molecule is CC1c2ccccc2-c2ccccc2C(C)N1Cc1ccccc1. The molecule has 4 rings (SSSR count). The molecule has 0 N–H and O–H groups in total. The highest BCUT2D eigenvalue weighted by molar-refractivity contribution is 5.72. The number of hydrogen-bond acceptors (Lipinski definition) is 1. The van der Waals surface area contributed by atoms with Gasteiger partial charge in [-0.3, -0.25) is 4.90 Å². The average molecular weight is 313 g/mol. The van der Waals surface area contributed by atoms with E-state index in [0.29, 0.717) is 12.1 Å². The van der Waals surface area contributed by atoms with Crippen LogP contribution in [0, 0.1) is 0 Å². The van der Waals surface area contributed by atoms with E-state index in [0.717, 1.165) is 6.54 Å². The van der Waals surface area contributed by atoms with Gasteiger partial charge in [0.05, 0.1) is 0 Å². The van der Waals surface area contributed by atoms with Crippen molar-refractivity contribution in [3.8, 4) is 11.1 Å². The van der Waals surface area contributed by atoms with Crippen LogP contribution in [-0.4, -0.2) is 4.90 Å². The van der Waals surface area contributed by atoms with Gasteiger partial charge in [-0.2, -0.15) is 0 Å². The van der Waals surface area contributed by atoms with Gasteiger partial charge in [0, 0.05) is 18.6 Å². The van der Waals surface area contributed by atoms with E-state index in [4.69, 9.17) is 0 Å². The summed E-state index contributed by atoms with van der Waals surface area (Å²) in [5, 5.41) is 0. The lowest BCUT2D eigenvalue weighted by Crippen LogP contribution is -2.28. The van der Waals surface area contributed by atoms with Crippen LogP contribution in [0.2, 0.25) is 0 Å². The highest BCUT2D eigenvalue weighted by Crippen LogP contribution is 2.43. The molecule has 24 heavy (non-hydrogen) atoms. The zero-order chi connectivity index (χ0) is 16.5. The molecule has 1 heterocycles. The second-order valence-corrected chi connectivity index (χ2v) is 6.68. The van der Waals surface area contributed by atoms with Crippen LogP contribution >= 0.6 is 0 Å². The Labute approximate surface area is 144 Å². The molecule has 3 aromatic carbocycles. The monoisotopic (exact) mass is 313 g/mol. The molecule has 0 fully saturated rings. The van der Waals surface area contributed by atoms with E-state index >= 15 is 0 Å². The summed E-state index contributed by atoms with van der Waals surface area (Å²) in [5.74, 6) is 0. The second kappa shape index (κ2) is 6.26. The van der Waals surface area contributed by atoms with Crippen molar-refractivity contribution in [2.45, 2.75) is 32.5 Å². The maximum atomic E-state index is 2.61. The first-order valence-electron chi connectivity index (χ1n) is 8.73. The van der Waals surface area contributed by atoms with Crippen molar-refractivity contribution in [2.75, 3.05) is 0 Å². The van der Waals surface area contributed by atoms with Crippen molar-refractivity contribution >= 4 is 0 Å². The summed E-state index contributed by atoms with van der Waals surface area (Å²) >= 11 is 0. The van der Waals surface area contributed by atoms with E-state index in [1.165, 1.54) is 27.8 Å². The molecular formula is C23H23N. The van der Waals surface area contributed by atoms with Gasteiger partial charge in [-0.1, -0.05) is 78.9 Å².